The minimum atomic E-state index is -0.611. The number of thioether (sulfide) groups is 1. The molecule has 0 aromatic heterocycles. The summed E-state index contributed by atoms with van der Waals surface area (Å²) < 4.78 is 0.100. The van der Waals surface area contributed by atoms with Crippen molar-refractivity contribution in [2.75, 3.05) is 11.9 Å². The lowest BCUT2D eigenvalue weighted by molar-refractivity contribution is -0.384. The van der Waals surface area contributed by atoms with Gasteiger partial charge in [0.1, 0.15) is 5.75 Å². The summed E-state index contributed by atoms with van der Waals surface area (Å²) in [5.41, 5.74) is 1.38. The number of rotatable bonds is 3. The number of thiocarbonyl (C=S) groups is 1. The van der Waals surface area contributed by atoms with Crippen molar-refractivity contribution in [3.63, 3.8) is 0 Å². The first-order valence-electron chi connectivity index (χ1n) is 8.49. The lowest BCUT2D eigenvalue weighted by Gasteiger charge is -2.08. The second kappa shape index (κ2) is 7.35. The lowest BCUT2D eigenvalue weighted by atomic mass is 10.1. The Labute approximate surface area is 179 Å². The van der Waals surface area contributed by atoms with Crippen LogP contribution in [0.1, 0.15) is 11.1 Å². The zero-order valence-corrected chi connectivity index (χ0v) is 16.9. The van der Waals surface area contributed by atoms with Crippen LogP contribution in [0.5, 0.6) is 5.75 Å². The average molecular weight is 440 g/mol. The molecule has 0 unspecified atom stereocenters. The summed E-state index contributed by atoms with van der Waals surface area (Å²) in [6.07, 6.45) is 1.11. The van der Waals surface area contributed by atoms with Crippen LogP contribution in [0.4, 0.5) is 11.4 Å². The summed E-state index contributed by atoms with van der Waals surface area (Å²) in [6.45, 7) is 0. The van der Waals surface area contributed by atoms with Gasteiger partial charge in [0.15, 0.2) is 4.32 Å². The van der Waals surface area contributed by atoms with Crippen LogP contribution in [-0.2, 0) is 9.59 Å². The minimum absolute atomic E-state index is 0.0490. The predicted molar refractivity (Wildman–Crippen MR) is 116 cm³/mol. The summed E-state index contributed by atoms with van der Waals surface area (Å²) in [5.74, 6) is -1.15. The molecule has 2 heterocycles. The molecule has 0 radical (unpaired) electrons. The zero-order valence-electron chi connectivity index (χ0n) is 15.3. The Morgan fingerprint density at radius 2 is 1.93 bits per heavy atom. The molecule has 11 heteroatoms. The number of nitro groups is 1. The van der Waals surface area contributed by atoms with E-state index >= 15 is 0 Å². The van der Waals surface area contributed by atoms with Crippen LogP contribution in [0.25, 0.3) is 5.57 Å². The Bertz CT molecular complexity index is 1210. The van der Waals surface area contributed by atoms with Crippen LogP contribution in [0, 0.1) is 10.1 Å². The van der Waals surface area contributed by atoms with Gasteiger partial charge in [0, 0.05) is 30.3 Å². The van der Waals surface area contributed by atoms with Gasteiger partial charge in [0.05, 0.1) is 27.3 Å². The van der Waals surface area contributed by atoms with Crippen LogP contribution < -0.4 is 4.90 Å². The fourth-order valence-electron chi connectivity index (χ4n) is 3.08. The molecule has 2 aromatic carbocycles. The fourth-order valence-corrected chi connectivity index (χ4v) is 4.32. The van der Waals surface area contributed by atoms with Crippen LogP contribution in [0.15, 0.2) is 52.5 Å². The largest absolute Gasteiger partial charge is 0.507 e. The highest BCUT2D eigenvalue weighted by Crippen LogP contribution is 2.44. The molecule has 1 fully saturated rings. The molecule has 1 saturated heterocycles. The molecule has 2 aliphatic rings. The summed E-state index contributed by atoms with van der Waals surface area (Å²) in [6, 6.07) is 10.5. The van der Waals surface area contributed by atoms with Gasteiger partial charge in [-0.3, -0.25) is 19.7 Å². The van der Waals surface area contributed by atoms with Gasteiger partial charge in [-0.1, -0.05) is 30.0 Å². The molecule has 2 aromatic rings. The highest BCUT2D eigenvalue weighted by atomic mass is 32.2. The molecule has 1 N–H and O–H groups in total. The summed E-state index contributed by atoms with van der Waals surface area (Å²) in [7, 11) is 1.62. The van der Waals surface area contributed by atoms with Gasteiger partial charge in [0.25, 0.3) is 17.5 Å². The van der Waals surface area contributed by atoms with Crippen LogP contribution >= 0.6 is 24.0 Å². The predicted octanol–water partition coefficient (Wildman–Crippen LogP) is 2.88. The Hall–Kier alpha value is -3.57. The Morgan fingerprint density at radius 1 is 1.20 bits per heavy atom. The van der Waals surface area contributed by atoms with Crippen molar-refractivity contribution < 1.29 is 19.6 Å². The van der Waals surface area contributed by atoms with Crippen LogP contribution in [0.3, 0.4) is 0 Å². The van der Waals surface area contributed by atoms with Crippen molar-refractivity contribution in [1.29, 1.82) is 0 Å². The number of fused-ring (bicyclic) bond motifs is 1. The molecule has 4 rings (SSSR count). The van der Waals surface area contributed by atoms with E-state index in [9.17, 15) is 24.8 Å². The smallest absolute Gasteiger partial charge is 0.287 e. The number of carbonyl (C=O) groups is 2. The second-order valence-electron chi connectivity index (χ2n) is 6.32. The van der Waals surface area contributed by atoms with E-state index in [2.05, 4.69) is 5.10 Å². The summed E-state index contributed by atoms with van der Waals surface area (Å²) >= 11 is 6.19. The lowest BCUT2D eigenvalue weighted by Crippen LogP contribution is -2.24. The first-order chi connectivity index (χ1) is 14.3. The number of nitro benzene ring substituents is 1. The maximum atomic E-state index is 13.0. The van der Waals surface area contributed by atoms with Crippen LogP contribution in [0.2, 0.25) is 0 Å². The molecule has 30 heavy (non-hydrogen) atoms. The van der Waals surface area contributed by atoms with Crippen molar-refractivity contribution in [1.82, 2.24) is 5.01 Å². The molecule has 9 nitrogen and oxygen atoms in total. The maximum Gasteiger partial charge on any atom is 0.287 e. The number of hydrogen-bond donors (Lipinski definition) is 1. The fraction of sp³-hybridized carbons (Fsp3) is 0.0526. The number of hydrogen-bond acceptors (Lipinski definition) is 8. The number of amides is 2. The molecular formula is C19H12N4O5S2. The maximum absolute atomic E-state index is 13.0. The highest BCUT2D eigenvalue weighted by Gasteiger charge is 2.41. The number of likely N-dealkylation sites (N-methyl/N-ethyl adjacent to an activating group) is 1. The number of para-hydroxylation sites is 1. The standard InChI is InChI=1S/C19H12N4O5S2/c1-21-13-5-3-2-4-12(13)15(17(21)25)16-18(26)22(19(29)30-16)20-9-10-8-11(23(27)28)6-7-14(10)24/h2-9,24H,1H3/b16-15+,20-9?. The van der Waals surface area contributed by atoms with Gasteiger partial charge in [-0.05, 0) is 24.4 Å². The van der Waals surface area contributed by atoms with E-state index in [1.807, 2.05) is 0 Å². The number of phenols is 1. The van der Waals surface area contributed by atoms with Gasteiger partial charge >= 0.3 is 0 Å². The SMILES string of the molecule is CN1C(=O)/C(=C2/SC(=S)N(N=Cc3cc([N+](=O)[O-])ccc3O)C2=O)c2ccccc21. The van der Waals surface area contributed by atoms with Crippen molar-refractivity contribution in [2.45, 2.75) is 0 Å². The molecule has 0 atom stereocenters. The quantitative estimate of drug-likeness (QED) is 0.256. The molecular weight excluding hydrogens is 428 g/mol. The number of carbonyl (C=O) groups excluding carboxylic acids is 2. The minimum Gasteiger partial charge on any atom is -0.507 e. The number of non-ortho nitro benzene ring substituents is 1. The van der Waals surface area contributed by atoms with Gasteiger partial charge in [-0.25, -0.2) is 0 Å². The Balaban J connectivity index is 1.71. The molecule has 150 valence electrons. The van der Waals surface area contributed by atoms with E-state index < -0.39 is 10.8 Å². The monoisotopic (exact) mass is 440 g/mol. The molecule has 0 aliphatic carbocycles. The van der Waals surface area contributed by atoms with Crippen molar-refractivity contribution in [3.05, 3.63) is 68.6 Å². The third kappa shape index (κ3) is 3.13. The number of aromatic hydroxyl groups is 1. The number of benzene rings is 2. The first-order valence-corrected chi connectivity index (χ1v) is 9.71. The third-order valence-corrected chi connectivity index (χ3v) is 5.92. The molecule has 0 spiro atoms. The zero-order chi connectivity index (χ0) is 21.6. The van der Waals surface area contributed by atoms with Crippen LogP contribution in [-0.4, -0.2) is 44.4 Å². The molecule has 0 bridgehead atoms. The van der Waals surface area contributed by atoms with Gasteiger partial charge in [0.2, 0.25) is 0 Å². The number of anilines is 1. The topological polar surface area (TPSA) is 116 Å². The van der Waals surface area contributed by atoms with E-state index in [0.717, 1.165) is 41.2 Å². The third-order valence-electron chi connectivity index (χ3n) is 4.56. The second-order valence-corrected chi connectivity index (χ2v) is 7.96. The Kier molecular flexibility index (Phi) is 4.84. The van der Waals surface area contributed by atoms with Gasteiger partial charge in [-0.15, -0.1) is 0 Å². The van der Waals surface area contributed by atoms with Crippen molar-refractivity contribution in [3.8, 4) is 5.75 Å². The molecule has 0 saturated carbocycles. The van der Waals surface area contributed by atoms with E-state index in [1.54, 1.807) is 31.3 Å². The van der Waals surface area contributed by atoms with Crippen molar-refractivity contribution in [2.24, 2.45) is 5.10 Å². The molecule has 2 amide bonds. The summed E-state index contributed by atoms with van der Waals surface area (Å²) in [5, 5.41) is 25.8. The van der Waals surface area contributed by atoms with Gasteiger partial charge in [-0.2, -0.15) is 10.1 Å². The van der Waals surface area contributed by atoms with E-state index in [4.69, 9.17) is 12.2 Å². The normalized spacial score (nSPS) is 18.6. The van der Waals surface area contributed by atoms with Gasteiger partial charge < -0.3 is 10.0 Å². The first kappa shape index (κ1) is 19.7. The number of hydrazone groups is 1. The van der Waals surface area contributed by atoms with E-state index in [1.165, 1.54) is 4.90 Å². The van der Waals surface area contributed by atoms with E-state index in [-0.39, 0.29) is 37.7 Å². The molecule has 2 aliphatic heterocycles. The average Bonchev–Trinajstić information content (AvgIpc) is 3.14. The summed E-state index contributed by atoms with van der Waals surface area (Å²) in [4.78, 5) is 37.6. The number of nitrogens with zero attached hydrogens (tertiary/aromatic N) is 4. The highest BCUT2D eigenvalue weighted by molar-refractivity contribution is 8.26. The number of phenolic OH excluding ortho intramolecular Hbond substituents is 1. The van der Waals surface area contributed by atoms with E-state index in [0.29, 0.717) is 11.3 Å². The Morgan fingerprint density at radius 3 is 2.67 bits per heavy atom. The van der Waals surface area contributed by atoms with Crippen molar-refractivity contribution >= 4 is 63.3 Å².